The lowest BCUT2D eigenvalue weighted by molar-refractivity contribution is 0.576. The molecular formula is C3H8ClNO4S2. The SMILES string of the molecule is CC(C)S(=O)(=O)NS(=O)(=O)Cl. The molecule has 0 aromatic rings. The Morgan fingerprint density at radius 1 is 1.18 bits per heavy atom. The van der Waals surface area contributed by atoms with Crippen LogP contribution in [-0.4, -0.2) is 22.1 Å². The van der Waals surface area contributed by atoms with Crippen molar-refractivity contribution in [2.24, 2.45) is 0 Å². The molecule has 0 heterocycles. The molecule has 0 aliphatic rings. The summed E-state index contributed by atoms with van der Waals surface area (Å²) >= 11 is 0. The maximum Gasteiger partial charge on any atom is 0.310 e. The highest BCUT2D eigenvalue weighted by Crippen LogP contribution is 2.00. The summed E-state index contributed by atoms with van der Waals surface area (Å²) < 4.78 is 43.3. The van der Waals surface area contributed by atoms with E-state index in [4.69, 9.17) is 0 Å². The van der Waals surface area contributed by atoms with E-state index in [1.54, 1.807) is 0 Å². The van der Waals surface area contributed by atoms with Gasteiger partial charge in [0.25, 0.3) is 0 Å². The van der Waals surface area contributed by atoms with Crippen LogP contribution < -0.4 is 4.13 Å². The van der Waals surface area contributed by atoms with E-state index < -0.39 is 24.5 Å². The zero-order valence-electron chi connectivity index (χ0n) is 5.90. The van der Waals surface area contributed by atoms with E-state index in [1.807, 2.05) is 0 Å². The summed E-state index contributed by atoms with van der Waals surface area (Å²) in [7, 11) is -3.37. The molecule has 0 aromatic heterocycles. The van der Waals surface area contributed by atoms with E-state index in [2.05, 4.69) is 10.7 Å². The Bertz CT molecular complexity index is 315. The molecule has 5 nitrogen and oxygen atoms in total. The van der Waals surface area contributed by atoms with E-state index >= 15 is 0 Å². The highest BCUT2D eigenvalue weighted by atomic mass is 35.7. The Kier molecular flexibility index (Phi) is 3.30. The van der Waals surface area contributed by atoms with Gasteiger partial charge in [0.2, 0.25) is 10.0 Å². The highest BCUT2D eigenvalue weighted by Gasteiger charge is 2.21. The monoisotopic (exact) mass is 221 g/mol. The Labute approximate surface area is 70.3 Å². The van der Waals surface area contributed by atoms with Crippen molar-refractivity contribution in [2.75, 3.05) is 0 Å². The molecule has 0 unspecified atom stereocenters. The summed E-state index contributed by atoms with van der Waals surface area (Å²) in [6.07, 6.45) is 0. The van der Waals surface area contributed by atoms with Crippen LogP contribution in [0.3, 0.4) is 0 Å². The zero-order valence-corrected chi connectivity index (χ0v) is 8.29. The summed E-state index contributed by atoms with van der Waals surface area (Å²) in [4.78, 5) is 0. The molecule has 0 atom stereocenters. The molecule has 1 N–H and O–H groups in total. The van der Waals surface area contributed by atoms with Crippen LogP contribution in [0.15, 0.2) is 0 Å². The predicted molar refractivity (Wildman–Crippen MR) is 42.0 cm³/mol. The molecule has 0 saturated heterocycles. The lowest BCUT2D eigenvalue weighted by atomic mass is 10.6. The fourth-order valence-corrected chi connectivity index (χ4v) is 2.90. The van der Waals surface area contributed by atoms with Crippen molar-refractivity contribution in [1.29, 1.82) is 0 Å². The maximum atomic E-state index is 10.8. The topological polar surface area (TPSA) is 80.3 Å². The molecule has 0 bridgehead atoms. The van der Waals surface area contributed by atoms with Crippen molar-refractivity contribution < 1.29 is 16.8 Å². The average Bonchev–Trinajstić information content (AvgIpc) is 1.56. The van der Waals surface area contributed by atoms with Crippen LogP contribution in [0.1, 0.15) is 13.8 Å². The van der Waals surface area contributed by atoms with Gasteiger partial charge in [0, 0.05) is 10.7 Å². The van der Waals surface area contributed by atoms with E-state index in [9.17, 15) is 16.8 Å². The molecule has 8 heteroatoms. The van der Waals surface area contributed by atoms with E-state index in [0.717, 1.165) is 0 Å². The molecule has 0 spiro atoms. The van der Waals surface area contributed by atoms with E-state index in [1.165, 1.54) is 18.0 Å². The van der Waals surface area contributed by atoms with Crippen molar-refractivity contribution in [3.63, 3.8) is 0 Å². The van der Waals surface area contributed by atoms with Gasteiger partial charge in [-0.15, -0.1) is 0 Å². The second kappa shape index (κ2) is 3.26. The summed E-state index contributed by atoms with van der Waals surface area (Å²) in [6.45, 7) is 2.68. The predicted octanol–water partition coefficient (Wildman–Crippen LogP) is -0.202. The number of hydrogen-bond donors (Lipinski definition) is 1. The van der Waals surface area contributed by atoms with Gasteiger partial charge in [0.05, 0.1) is 5.25 Å². The van der Waals surface area contributed by atoms with Gasteiger partial charge in [-0.3, -0.25) is 0 Å². The number of nitrogens with one attached hydrogen (secondary N) is 1. The first kappa shape index (κ1) is 11.2. The van der Waals surface area contributed by atoms with Crippen molar-refractivity contribution in [2.45, 2.75) is 19.1 Å². The molecular weight excluding hydrogens is 214 g/mol. The minimum Gasteiger partial charge on any atom is -0.211 e. The minimum absolute atomic E-state index is 0.823. The molecule has 0 aliphatic heterocycles. The van der Waals surface area contributed by atoms with Gasteiger partial charge in [-0.05, 0) is 13.8 Å². The number of sulfonamides is 1. The minimum atomic E-state index is -4.19. The molecule has 0 fully saturated rings. The highest BCUT2D eigenvalue weighted by molar-refractivity contribution is 8.18. The normalized spacial score (nSPS) is 13.8. The lowest BCUT2D eigenvalue weighted by Gasteiger charge is -2.04. The molecule has 0 aliphatic carbocycles. The number of rotatable bonds is 3. The van der Waals surface area contributed by atoms with Crippen LogP contribution in [-0.2, 0) is 19.3 Å². The second-order valence-electron chi connectivity index (χ2n) is 2.11. The molecule has 68 valence electrons. The van der Waals surface area contributed by atoms with Crippen LogP contribution in [0.2, 0.25) is 0 Å². The largest absolute Gasteiger partial charge is 0.310 e. The molecule has 0 radical (unpaired) electrons. The van der Waals surface area contributed by atoms with Crippen LogP contribution in [0.25, 0.3) is 0 Å². The first-order valence-electron chi connectivity index (χ1n) is 2.62. The van der Waals surface area contributed by atoms with Gasteiger partial charge in [0.1, 0.15) is 0 Å². The van der Waals surface area contributed by atoms with Gasteiger partial charge in [-0.2, -0.15) is 8.42 Å². The molecule has 0 rings (SSSR count). The third-order valence-corrected chi connectivity index (χ3v) is 4.37. The fraction of sp³-hybridized carbons (Fsp3) is 1.00. The second-order valence-corrected chi connectivity index (χ2v) is 6.91. The summed E-state index contributed by atoms with van der Waals surface area (Å²) in [5.74, 6) is 0. The van der Waals surface area contributed by atoms with Gasteiger partial charge >= 0.3 is 9.24 Å². The Morgan fingerprint density at radius 3 is 1.64 bits per heavy atom. The van der Waals surface area contributed by atoms with Crippen LogP contribution in [0, 0.1) is 0 Å². The van der Waals surface area contributed by atoms with Crippen LogP contribution in [0.5, 0.6) is 0 Å². The number of hydrogen-bond acceptors (Lipinski definition) is 4. The quantitative estimate of drug-likeness (QED) is 0.670. The summed E-state index contributed by atoms with van der Waals surface area (Å²) in [5, 5.41) is -0.823. The first-order chi connectivity index (χ1) is 4.65. The average molecular weight is 222 g/mol. The summed E-state index contributed by atoms with van der Waals surface area (Å²) in [5.41, 5.74) is 0. The number of halogens is 1. The van der Waals surface area contributed by atoms with E-state index in [0.29, 0.717) is 0 Å². The van der Waals surface area contributed by atoms with E-state index in [-0.39, 0.29) is 0 Å². The molecule has 0 saturated carbocycles. The third kappa shape index (κ3) is 4.57. The molecule has 0 aromatic carbocycles. The lowest BCUT2D eigenvalue weighted by Crippen LogP contribution is -2.32. The fourth-order valence-electron chi connectivity index (χ4n) is 0.235. The zero-order chi connectivity index (χ0) is 9.28. The van der Waals surface area contributed by atoms with Crippen molar-refractivity contribution in [1.82, 2.24) is 4.13 Å². The third-order valence-electron chi connectivity index (χ3n) is 0.836. The standard InChI is InChI=1S/C3H8ClNO4S2/c1-3(2)10(6,7)5-11(4,8)9/h3,5H,1-2H3. The maximum absolute atomic E-state index is 10.8. The van der Waals surface area contributed by atoms with Crippen molar-refractivity contribution in [3.05, 3.63) is 0 Å². The Morgan fingerprint density at radius 2 is 1.55 bits per heavy atom. The Balaban J connectivity index is 4.68. The first-order valence-corrected chi connectivity index (χ1v) is 6.48. The smallest absolute Gasteiger partial charge is 0.211 e. The molecule has 11 heavy (non-hydrogen) atoms. The summed E-state index contributed by atoms with van der Waals surface area (Å²) in [6, 6.07) is 0. The van der Waals surface area contributed by atoms with Crippen LogP contribution >= 0.6 is 10.7 Å². The van der Waals surface area contributed by atoms with Crippen LogP contribution in [0.4, 0.5) is 0 Å². The Hall–Kier alpha value is 0.150. The van der Waals surface area contributed by atoms with Gasteiger partial charge in [0.15, 0.2) is 0 Å². The van der Waals surface area contributed by atoms with Crippen molar-refractivity contribution in [3.8, 4) is 0 Å². The van der Waals surface area contributed by atoms with Gasteiger partial charge < -0.3 is 0 Å². The van der Waals surface area contributed by atoms with Crippen molar-refractivity contribution >= 4 is 29.9 Å². The molecule has 0 amide bonds. The van der Waals surface area contributed by atoms with Gasteiger partial charge in [-0.1, -0.05) is 4.13 Å². The van der Waals surface area contributed by atoms with Gasteiger partial charge in [-0.25, -0.2) is 8.42 Å².